The maximum absolute atomic E-state index is 10.0. The summed E-state index contributed by atoms with van der Waals surface area (Å²) in [4.78, 5) is 10.0. The molecule has 0 radical (unpaired) electrons. The van der Waals surface area contributed by atoms with Crippen LogP contribution in [0.2, 0.25) is 0 Å². The van der Waals surface area contributed by atoms with E-state index in [0.717, 1.165) is 6.08 Å². The minimum absolute atomic E-state index is 0.329. The van der Waals surface area contributed by atoms with Crippen molar-refractivity contribution in [2.45, 2.75) is 0 Å². The zero-order chi connectivity index (χ0) is 11.2. The molecule has 0 unspecified atom stereocenters. The van der Waals surface area contributed by atoms with E-state index >= 15 is 0 Å². The molecule has 0 saturated carbocycles. The van der Waals surface area contributed by atoms with E-state index in [9.17, 15) is 4.79 Å². The first kappa shape index (κ1) is 15.1. The first-order chi connectivity index (χ1) is 6.72. The summed E-state index contributed by atoms with van der Waals surface area (Å²) < 4.78 is 4.90. The Kier molecular flexibility index (Phi) is 15.3. The molecule has 0 aromatic carbocycles. The predicted molar refractivity (Wildman–Crippen MR) is 56.6 cm³/mol. The van der Waals surface area contributed by atoms with E-state index in [-0.39, 0.29) is 12.6 Å². The Labute approximate surface area is 84.6 Å². The van der Waals surface area contributed by atoms with Gasteiger partial charge in [0.25, 0.3) is 0 Å². The van der Waals surface area contributed by atoms with E-state index in [4.69, 9.17) is 9.84 Å². The molecule has 14 heavy (non-hydrogen) atoms. The molecule has 0 bridgehead atoms. The lowest BCUT2D eigenvalue weighted by molar-refractivity contribution is -0.117. The van der Waals surface area contributed by atoms with Gasteiger partial charge in [0.1, 0.15) is 6.73 Å². The molecule has 4 nitrogen and oxygen atoms in total. The topological polar surface area (TPSA) is 58.6 Å². The van der Waals surface area contributed by atoms with Crippen LogP contribution in [0.4, 0.5) is 0 Å². The van der Waals surface area contributed by atoms with Gasteiger partial charge in [-0.25, -0.2) is 0 Å². The Hall–Kier alpha value is -1.39. The van der Waals surface area contributed by atoms with Crippen molar-refractivity contribution in [2.75, 3.05) is 19.9 Å². The zero-order valence-electron chi connectivity index (χ0n) is 8.24. The molecule has 0 aromatic heterocycles. The number of ether oxygens (including phenoxy) is 1. The molecule has 0 saturated heterocycles. The van der Waals surface area contributed by atoms with Crippen LogP contribution in [-0.2, 0) is 9.53 Å². The van der Waals surface area contributed by atoms with Gasteiger partial charge in [0.15, 0.2) is 0 Å². The van der Waals surface area contributed by atoms with Crippen molar-refractivity contribution in [3.8, 4) is 0 Å². The van der Waals surface area contributed by atoms with E-state index < -0.39 is 0 Å². The number of carbonyl (C=O) groups is 1. The summed E-state index contributed by atoms with van der Waals surface area (Å²) in [6.45, 7) is 11.0. The van der Waals surface area contributed by atoms with Crippen molar-refractivity contribution >= 4 is 5.91 Å². The minimum atomic E-state index is -0.359. The number of rotatable bonds is 6. The van der Waals surface area contributed by atoms with Crippen molar-refractivity contribution < 1.29 is 14.6 Å². The average molecular weight is 199 g/mol. The Morgan fingerprint density at radius 2 is 1.79 bits per heavy atom. The number of hydrogen-bond acceptors (Lipinski definition) is 3. The molecular formula is C10H17NO3. The van der Waals surface area contributed by atoms with E-state index in [1.165, 1.54) is 0 Å². The molecule has 0 fully saturated rings. The molecular weight excluding hydrogens is 182 g/mol. The van der Waals surface area contributed by atoms with Crippen molar-refractivity contribution in [1.29, 1.82) is 0 Å². The molecule has 0 atom stereocenters. The highest BCUT2D eigenvalue weighted by molar-refractivity contribution is 5.86. The van der Waals surface area contributed by atoms with Crippen molar-refractivity contribution in [3.05, 3.63) is 38.0 Å². The van der Waals surface area contributed by atoms with E-state index in [0.29, 0.717) is 13.2 Å². The standard InChI is InChI=1S/C6H10O.C4H7NO2/c1-3-5-7-6-4-2;1-2-4(7)5-3-6/h3-4H,1-2,5-6H2;2,6H,1,3H2,(H,5,7). The van der Waals surface area contributed by atoms with Crippen LogP contribution >= 0.6 is 0 Å². The van der Waals surface area contributed by atoms with Gasteiger partial charge in [-0.05, 0) is 6.08 Å². The lowest BCUT2D eigenvalue weighted by Crippen LogP contribution is -2.20. The van der Waals surface area contributed by atoms with E-state index in [1.54, 1.807) is 12.2 Å². The minimum Gasteiger partial charge on any atom is -0.376 e. The highest BCUT2D eigenvalue weighted by Crippen LogP contribution is 1.72. The van der Waals surface area contributed by atoms with Crippen LogP contribution < -0.4 is 5.32 Å². The summed E-state index contributed by atoms with van der Waals surface area (Å²) in [6, 6.07) is 0. The average Bonchev–Trinajstić information content (AvgIpc) is 2.20. The lowest BCUT2D eigenvalue weighted by Gasteiger charge is -1.89. The molecule has 0 aliphatic carbocycles. The maximum atomic E-state index is 10.0. The molecule has 1 amide bonds. The third kappa shape index (κ3) is 16.9. The fourth-order valence-electron chi connectivity index (χ4n) is 0.385. The van der Waals surface area contributed by atoms with E-state index in [1.807, 2.05) is 0 Å². The number of carbonyl (C=O) groups excluding carboxylic acids is 1. The molecule has 80 valence electrons. The van der Waals surface area contributed by atoms with Gasteiger partial charge in [-0.3, -0.25) is 4.79 Å². The fourth-order valence-corrected chi connectivity index (χ4v) is 0.385. The molecule has 2 N–H and O–H groups in total. The predicted octanol–water partition coefficient (Wildman–Crippen LogP) is 0.613. The first-order valence-electron chi connectivity index (χ1n) is 4.03. The van der Waals surface area contributed by atoms with Crippen LogP contribution in [0.5, 0.6) is 0 Å². The quantitative estimate of drug-likeness (QED) is 0.285. The Bertz CT molecular complexity index is 170. The Morgan fingerprint density at radius 3 is 2.00 bits per heavy atom. The third-order valence-electron chi connectivity index (χ3n) is 0.910. The van der Waals surface area contributed by atoms with Gasteiger partial charge < -0.3 is 15.2 Å². The normalized spacial score (nSPS) is 7.79. The lowest BCUT2D eigenvalue weighted by atomic mass is 10.6. The van der Waals surface area contributed by atoms with Gasteiger partial charge in [0.2, 0.25) is 5.91 Å². The number of amides is 1. The van der Waals surface area contributed by atoms with Gasteiger partial charge in [-0.15, -0.1) is 13.2 Å². The van der Waals surface area contributed by atoms with Crippen LogP contribution in [0, 0.1) is 0 Å². The van der Waals surface area contributed by atoms with Gasteiger partial charge in [-0.2, -0.15) is 0 Å². The molecule has 0 heterocycles. The number of nitrogens with one attached hydrogen (secondary N) is 1. The second kappa shape index (κ2) is 14.2. The number of hydrogen-bond donors (Lipinski definition) is 2. The summed E-state index contributed by atoms with van der Waals surface area (Å²) in [5.41, 5.74) is 0. The summed E-state index contributed by atoms with van der Waals surface area (Å²) in [7, 11) is 0. The molecule has 0 rings (SSSR count). The molecule has 0 aliphatic rings. The molecule has 4 heteroatoms. The summed E-state index contributed by atoms with van der Waals surface area (Å²) in [5, 5.41) is 10.1. The van der Waals surface area contributed by atoms with Crippen LogP contribution in [-0.4, -0.2) is 31.0 Å². The second-order valence-electron chi connectivity index (χ2n) is 2.02. The Morgan fingerprint density at radius 1 is 1.29 bits per heavy atom. The van der Waals surface area contributed by atoms with Crippen molar-refractivity contribution in [2.24, 2.45) is 0 Å². The maximum Gasteiger partial charge on any atom is 0.245 e. The molecule has 0 aromatic rings. The largest absolute Gasteiger partial charge is 0.376 e. The highest BCUT2D eigenvalue weighted by atomic mass is 16.5. The molecule has 0 aliphatic heterocycles. The monoisotopic (exact) mass is 199 g/mol. The van der Waals surface area contributed by atoms with Gasteiger partial charge >= 0.3 is 0 Å². The first-order valence-corrected chi connectivity index (χ1v) is 4.03. The summed E-state index contributed by atoms with van der Waals surface area (Å²) in [5.74, 6) is -0.359. The Balaban J connectivity index is 0. The second-order valence-corrected chi connectivity index (χ2v) is 2.02. The van der Waals surface area contributed by atoms with Crippen molar-refractivity contribution in [3.63, 3.8) is 0 Å². The zero-order valence-corrected chi connectivity index (χ0v) is 8.24. The highest BCUT2D eigenvalue weighted by Gasteiger charge is 1.84. The summed E-state index contributed by atoms with van der Waals surface area (Å²) in [6.07, 6.45) is 4.52. The van der Waals surface area contributed by atoms with Gasteiger partial charge in [0.05, 0.1) is 13.2 Å². The summed E-state index contributed by atoms with van der Waals surface area (Å²) >= 11 is 0. The fraction of sp³-hybridized carbons (Fsp3) is 0.300. The molecule has 0 spiro atoms. The van der Waals surface area contributed by atoms with Crippen LogP contribution in [0.15, 0.2) is 38.0 Å². The third-order valence-corrected chi connectivity index (χ3v) is 0.910. The van der Waals surface area contributed by atoms with Crippen LogP contribution in [0.3, 0.4) is 0 Å². The van der Waals surface area contributed by atoms with Gasteiger partial charge in [0, 0.05) is 0 Å². The SMILES string of the molecule is C=CC(=O)NCO.C=CCOCC=C. The number of aliphatic hydroxyl groups is 1. The van der Waals surface area contributed by atoms with Crippen LogP contribution in [0.1, 0.15) is 0 Å². The van der Waals surface area contributed by atoms with E-state index in [2.05, 4.69) is 25.1 Å². The van der Waals surface area contributed by atoms with Crippen LogP contribution in [0.25, 0.3) is 0 Å². The smallest absolute Gasteiger partial charge is 0.245 e. The van der Waals surface area contributed by atoms with Gasteiger partial charge in [-0.1, -0.05) is 18.7 Å². The number of aliphatic hydroxyl groups excluding tert-OH is 1. The van der Waals surface area contributed by atoms with Crippen molar-refractivity contribution in [1.82, 2.24) is 5.32 Å².